The number of nitrogens with zero attached hydrogens (tertiary/aromatic N) is 1. The van der Waals surface area contributed by atoms with Crippen molar-refractivity contribution in [3.05, 3.63) is 0 Å². The summed E-state index contributed by atoms with van der Waals surface area (Å²) < 4.78 is 0. The first-order chi connectivity index (χ1) is 5.07. The topological polar surface area (TPSA) is 12.4 Å². The molecule has 0 aliphatic carbocycles. The molecule has 66 valence electrons. The molecule has 0 radical (unpaired) electrons. The molecule has 0 atom stereocenters. The Labute approximate surface area is 70.9 Å². The van der Waals surface area contributed by atoms with Gasteiger partial charge in [-0.15, -0.1) is 0 Å². The van der Waals surface area contributed by atoms with Crippen LogP contribution in [0.15, 0.2) is 4.99 Å². The maximum atomic E-state index is 4.28. The SMILES string of the molecule is C/N=C(/CCC(C)C)C(C)C. The maximum absolute atomic E-state index is 4.28. The van der Waals surface area contributed by atoms with E-state index in [0.29, 0.717) is 5.92 Å². The molecule has 1 heteroatoms. The number of hydrogen-bond acceptors (Lipinski definition) is 1. The van der Waals surface area contributed by atoms with Gasteiger partial charge in [0.25, 0.3) is 0 Å². The Morgan fingerprint density at radius 2 is 1.73 bits per heavy atom. The summed E-state index contributed by atoms with van der Waals surface area (Å²) in [5.74, 6) is 1.42. The summed E-state index contributed by atoms with van der Waals surface area (Å²) in [4.78, 5) is 4.28. The zero-order chi connectivity index (χ0) is 8.85. The highest BCUT2D eigenvalue weighted by atomic mass is 14.7. The van der Waals surface area contributed by atoms with E-state index in [2.05, 4.69) is 32.7 Å². The molecule has 0 aromatic heterocycles. The van der Waals surface area contributed by atoms with E-state index >= 15 is 0 Å². The van der Waals surface area contributed by atoms with Crippen LogP contribution in [-0.4, -0.2) is 12.8 Å². The van der Waals surface area contributed by atoms with E-state index in [0.717, 1.165) is 5.92 Å². The number of hydrogen-bond donors (Lipinski definition) is 0. The average molecular weight is 155 g/mol. The molecule has 0 unspecified atom stereocenters. The van der Waals surface area contributed by atoms with Crippen molar-refractivity contribution in [3.8, 4) is 0 Å². The second-order valence-electron chi connectivity index (χ2n) is 3.80. The van der Waals surface area contributed by atoms with Crippen LogP contribution in [0.5, 0.6) is 0 Å². The molecule has 0 aromatic rings. The van der Waals surface area contributed by atoms with Gasteiger partial charge in [-0.3, -0.25) is 4.99 Å². The minimum atomic E-state index is 0.624. The Hall–Kier alpha value is -0.330. The third-order valence-corrected chi connectivity index (χ3v) is 1.93. The van der Waals surface area contributed by atoms with E-state index in [4.69, 9.17) is 0 Å². The van der Waals surface area contributed by atoms with Gasteiger partial charge in [-0.05, 0) is 24.7 Å². The van der Waals surface area contributed by atoms with Crippen LogP contribution in [0.3, 0.4) is 0 Å². The maximum Gasteiger partial charge on any atom is 0.0276 e. The molecule has 0 spiro atoms. The lowest BCUT2D eigenvalue weighted by molar-refractivity contribution is 0.595. The van der Waals surface area contributed by atoms with Crippen molar-refractivity contribution in [2.45, 2.75) is 40.5 Å². The first-order valence-corrected chi connectivity index (χ1v) is 4.53. The minimum absolute atomic E-state index is 0.624. The van der Waals surface area contributed by atoms with Crippen LogP contribution in [-0.2, 0) is 0 Å². The lowest BCUT2D eigenvalue weighted by Gasteiger charge is -2.10. The summed E-state index contributed by atoms with van der Waals surface area (Å²) in [6, 6.07) is 0. The first kappa shape index (κ1) is 10.7. The van der Waals surface area contributed by atoms with Crippen LogP contribution in [0.25, 0.3) is 0 Å². The van der Waals surface area contributed by atoms with E-state index in [-0.39, 0.29) is 0 Å². The van der Waals surface area contributed by atoms with E-state index in [1.165, 1.54) is 18.6 Å². The quantitative estimate of drug-likeness (QED) is 0.553. The lowest BCUT2D eigenvalue weighted by Crippen LogP contribution is -2.08. The summed E-state index contributed by atoms with van der Waals surface area (Å²) in [6.07, 6.45) is 2.44. The van der Waals surface area contributed by atoms with E-state index < -0.39 is 0 Å². The molecule has 11 heavy (non-hydrogen) atoms. The monoisotopic (exact) mass is 155 g/mol. The normalized spacial score (nSPS) is 13.2. The van der Waals surface area contributed by atoms with Gasteiger partial charge in [0.15, 0.2) is 0 Å². The van der Waals surface area contributed by atoms with Gasteiger partial charge in [-0.2, -0.15) is 0 Å². The lowest BCUT2D eigenvalue weighted by atomic mass is 9.99. The van der Waals surface area contributed by atoms with Crippen molar-refractivity contribution >= 4 is 5.71 Å². The fraction of sp³-hybridized carbons (Fsp3) is 0.900. The van der Waals surface area contributed by atoms with Gasteiger partial charge in [0.05, 0.1) is 0 Å². The Bertz CT molecular complexity index is 123. The Morgan fingerprint density at radius 1 is 1.18 bits per heavy atom. The van der Waals surface area contributed by atoms with Gasteiger partial charge in [0, 0.05) is 12.8 Å². The highest BCUT2D eigenvalue weighted by Crippen LogP contribution is 2.09. The van der Waals surface area contributed by atoms with Gasteiger partial charge in [-0.1, -0.05) is 27.7 Å². The van der Waals surface area contributed by atoms with E-state index in [1.54, 1.807) is 0 Å². The molecule has 1 nitrogen and oxygen atoms in total. The summed E-state index contributed by atoms with van der Waals surface area (Å²) in [5, 5.41) is 0. The molecule has 0 aliphatic heterocycles. The smallest absolute Gasteiger partial charge is 0.0276 e. The minimum Gasteiger partial charge on any atom is -0.297 e. The van der Waals surface area contributed by atoms with Crippen LogP contribution < -0.4 is 0 Å². The van der Waals surface area contributed by atoms with Crippen LogP contribution in [0.2, 0.25) is 0 Å². The standard InChI is InChI=1S/C10H21N/c1-8(2)6-7-10(11-5)9(3)4/h8-9H,6-7H2,1-5H3/b11-10-. The molecule has 0 N–H and O–H groups in total. The van der Waals surface area contributed by atoms with Crippen LogP contribution >= 0.6 is 0 Å². The molecule has 0 fully saturated rings. The Kier molecular flexibility index (Phi) is 5.18. The van der Waals surface area contributed by atoms with Crippen LogP contribution in [0.4, 0.5) is 0 Å². The van der Waals surface area contributed by atoms with Gasteiger partial charge >= 0.3 is 0 Å². The molecule has 0 aromatic carbocycles. The molecule has 0 aliphatic rings. The molecule has 0 bridgehead atoms. The second kappa shape index (κ2) is 5.34. The predicted molar refractivity (Wildman–Crippen MR) is 52.3 cm³/mol. The fourth-order valence-electron chi connectivity index (χ4n) is 1.10. The van der Waals surface area contributed by atoms with Crippen molar-refractivity contribution in [1.82, 2.24) is 0 Å². The van der Waals surface area contributed by atoms with E-state index in [1.807, 2.05) is 7.05 Å². The van der Waals surface area contributed by atoms with Gasteiger partial charge in [0.2, 0.25) is 0 Å². The summed E-state index contributed by atoms with van der Waals surface area (Å²) in [6.45, 7) is 8.94. The highest BCUT2D eigenvalue weighted by molar-refractivity contribution is 5.86. The zero-order valence-corrected chi connectivity index (χ0v) is 8.52. The molecule has 0 saturated carbocycles. The summed E-state index contributed by atoms with van der Waals surface area (Å²) in [5.41, 5.74) is 1.36. The summed E-state index contributed by atoms with van der Waals surface area (Å²) in [7, 11) is 1.90. The largest absolute Gasteiger partial charge is 0.297 e. The van der Waals surface area contributed by atoms with Gasteiger partial charge < -0.3 is 0 Å². The van der Waals surface area contributed by atoms with Crippen molar-refractivity contribution in [2.24, 2.45) is 16.8 Å². The Balaban J connectivity index is 3.72. The molecule has 0 heterocycles. The first-order valence-electron chi connectivity index (χ1n) is 4.53. The van der Waals surface area contributed by atoms with Crippen LogP contribution in [0, 0.1) is 11.8 Å². The third kappa shape index (κ3) is 5.00. The molecular formula is C10H21N. The Morgan fingerprint density at radius 3 is 2.00 bits per heavy atom. The zero-order valence-electron chi connectivity index (χ0n) is 8.52. The van der Waals surface area contributed by atoms with Crippen molar-refractivity contribution in [1.29, 1.82) is 0 Å². The van der Waals surface area contributed by atoms with Gasteiger partial charge in [0.1, 0.15) is 0 Å². The van der Waals surface area contributed by atoms with Gasteiger partial charge in [-0.25, -0.2) is 0 Å². The molecule has 0 saturated heterocycles. The van der Waals surface area contributed by atoms with Crippen molar-refractivity contribution < 1.29 is 0 Å². The highest BCUT2D eigenvalue weighted by Gasteiger charge is 2.04. The third-order valence-electron chi connectivity index (χ3n) is 1.93. The average Bonchev–Trinajstić information content (AvgIpc) is 1.87. The number of aliphatic imine (C=N–C) groups is 1. The van der Waals surface area contributed by atoms with E-state index in [9.17, 15) is 0 Å². The number of rotatable bonds is 4. The summed E-state index contributed by atoms with van der Waals surface area (Å²) >= 11 is 0. The molecular weight excluding hydrogens is 134 g/mol. The van der Waals surface area contributed by atoms with Crippen LogP contribution in [0.1, 0.15) is 40.5 Å². The fourth-order valence-corrected chi connectivity index (χ4v) is 1.10. The van der Waals surface area contributed by atoms with Crippen molar-refractivity contribution in [2.75, 3.05) is 7.05 Å². The molecule has 0 rings (SSSR count). The molecule has 0 amide bonds. The van der Waals surface area contributed by atoms with Crippen molar-refractivity contribution in [3.63, 3.8) is 0 Å². The second-order valence-corrected chi connectivity index (χ2v) is 3.80. The predicted octanol–water partition coefficient (Wildman–Crippen LogP) is 3.15.